The summed E-state index contributed by atoms with van der Waals surface area (Å²) >= 11 is 0. The van der Waals surface area contributed by atoms with E-state index in [-0.39, 0.29) is 5.41 Å². The summed E-state index contributed by atoms with van der Waals surface area (Å²) in [6.07, 6.45) is 3.57. The third-order valence-corrected chi connectivity index (χ3v) is 11.5. The second-order valence-electron chi connectivity index (χ2n) is 15.1. The van der Waals surface area contributed by atoms with Crippen LogP contribution >= 0.6 is 0 Å². The zero-order valence-electron chi connectivity index (χ0n) is 31.0. The molecule has 1 aliphatic rings. The van der Waals surface area contributed by atoms with Crippen LogP contribution in [-0.2, 0) is 5.41 Å². The van der Waals surface area contributed by atoms with Crippen LogP contribution < -0.4 is 0 Å². The lowest BCUT2D eigenvalue weighted by Gasteiger charge is -2.22. The summed E-state index contributed by atoms with van der Waals surface area (Å²) in [5, 5.41) is 4.84. The smallest absolute Gasteiger partial charge is 0.165 e. The molecule has 0 N–H and O–H groups in total. The number of hydrogen-bond acceptors (Lipinski definition) is 4. The van der Waals surface area contributed by atoms with Crippen molar-refractivity contribution in [2.75, 3.05) is 0 Å². The molecule has 0 fully saturated rings. The van der Waals surface area contributed by atoms with Gasteiger partial charge in [0.2, 0.25) is 0 Å². The lowest BCUT2D eigenvalue weighted by Crippen LogP contribution is -2.15. The molecule has 0 saturated heterocycles. The minimum Gasteiger partial charge on any atom is -0.309 e. The van der Waals surface area contributed by atoms with Gasteiger partial charge < -0.3 is 4.57 Å². The summed E-state index contributed by atoms with van der Waals surface area (Å²) in [4.78, 5) is 19.6. The summed E-state index contributed by atoms with van der Waals surface area (Å²) in [7, 11) is 0. The van der Waals surface area contributed by atoms with Gasteiger partial charge >= 0.3 is 0 Å². The number of hydrogen-bond donors (Lipinski definition) is 0. The average Bonchev–Trinajstić information content (AvgIpc) is 3.70. The molecule has 10 aromatic rings. The largest absolute Gasteiger partial charge is 0.309 e. The molecule has 56 heavy (non-hydrogen) atoms. The Labute approximate surface area is 324 Å². The quantitative estimate of drug-likeness (QED) is 0.178. The van der Waals surface area contributed by atoms with Gasteiger partial charge in [-0.1, -0.05) is 141 Å². The Kier molecular flexibility index (Phi) is 7.13. The van der Waals surface area contributed by atoms with Crippen LogP contribution in [0.2, 0.25) is 0 Å². The van der Waals surface area contributed by atoms with E-state index >= 15 is 0 Å². The van der Waals surface area contributed by atoms with Crippen LogP contribution in [0.15, 0.2) is 176 Å². The second-order valence-corrected chi connectivity index (χ2v) is 15.1. The highest BCUT2D eigenvalue weighted by Crippen LogP contribution is 2.51. The fourth-order valence-corrected chi connectivity index (χ4v) is 8.81. The van der Waals surface area contributed by atoms with Crippen molar-refractivity contribution >= 4 is 32.6 Å². The van der Waals surface area contributed by atoms with Gasteiger partial charge in [0.25, 0.3) is 0 Å². The molecule has 11 rings (SSSR count). The molecule has 7 aromatic carbocycles. The van der Waals surface area contributed by atoms with Gasteiger partial charge in [-0.3, -0.25) is 4.98 Å². The van der Waals surface area contributed by atoms with Crippen molar-refractivity contribution in [3.63, 3.8) is 0 Å². The summed E-state index contributed by atoms with van der Waals surface area (Å²) < 4.78 is 2.46. The highest BCUT2D eigenvalue weighted by Gasteiger charge is 2.36. The van der Waals surface area contributed by atoms with E-state index in [1.165, 1.54) is 54.9 Å². The van der Waals surface area contributed by atoms with E-state index < -0.39 is 0 Å². The van der Waals surface area contributed by atoms with Crippen LogP contribution in [0.4, 0.5) is 0 Å². The first kappa shape index (κ1) is 32.2. The highest BCUT2D eigenvalue weighted by atomic mass is 15.0. The molecule has 5 heteroatoms. The summed E-state index contributed by atoms with van der Waals surface area (Å²) in [5.74, 6) is 1.79. The number of rotatable bonds is 5. The van der Waals surface area contributed by atoms with Gasteiger partial charge in [-0.2, -0.15) is 0 Å². The summed E-state index contributed by atoms with van der Waals surface area (Å²) in [6.45, 7) is 4.70. The number of nitrogens with zero attached hydrogens (tertiary/aromatic N) is 5. The SMILES string of the molecule is CC1(C)c2ccccc2-c2cc3c4ccccc4n(-c4cc(-c5nc(-c6ccccc6)nc(-c6cccnc6)n5)ccc4-c4cccc5ccccc45)c3cc21. The molecule has 0 saturated carbocycles. The molecule has 264 valence electrons. The Morgan fingerprint density at radius 2 is 1.11 bits per heavy atom. The number of aromatic nitrogens is 5. The fraction of sp³-hybridized carbons (Fsp3) is 0.0588. The molecule has 1 aliphatic carbocycles. The topological polar surface area (TPSA) is 56.5 Å². The van der Waals surface area contributed by atoms with Crippen molar-refractivity contribution in [2.45, 2.75) is 19.3 Å². The molecule has 0 radical (unpaired) electrons. The molecule has 0 aliphatic heterocycles. The first-order chi connectivity index (χ1) is 27.5. The molecule has 5 nitrogen and oxygen atoms in total. The van der Waals surface area contributed by atoms with Crippen molar-refractivity contribution in [1.29, 1.82) is 0 Å². The van der Waals surface area contributed by atoms with Gasteiger partial charge in [-0.15, -0.1) is 0 Å². The predicted molar refractivity (Wildman–Crippen MR) is 229 cm³/mol. The van der Waals surface area contributed by atoms with Crippen LogP contribution in [0.25, 0.3) is 94.7 Å². The third-order valence-electron chi connectivity index (χ3n) is 11.5. The van der Waals surface area contributed by atoms with Crippen molar-refractivity contribution in [2.24, 2.45) is 0 Å². The zero-order chi connectivity index (χ0) is 37.4. The van der Waals surface area contributed by atoms with E-state index in [1.807, 2.05) is 42.5 Å². The van der Waals surface area contributed by atoms with Gasteiger partial charge in [0, 0.05) is 50.8 Å². The van der Waals surface area contributed by atoms with Crippen molar-refractivity contribution in [3.8, 4) is 62.1 Å². The van der Waals surface area contributed by atoms with Crippen molar-refractivity contribution in [3.05, 3.63) is 187 Å². The Balaban J connectivity index is 1.23. The van der Waals surface area contributed by atoms with Crippen LogP contribution in [-0.4, -0.2) is 24.5 Å². The van der Waals surface area contributed by atoms with Gasteiger partial charge in [0.05, 0.1) is 16.7 Å². The molecule has 0 spiro atoms. The molecule has 3 aromatic heterocycles. The van der Waals surface area contributed by atoms with Crippen molar-refractivity contribution in [1.82, 2.24) is 24.5 Å². The minimum absolute atomic E-state index is 0.150. The van der Waals surface area contributed by atoms with Crippen LogP contribution in [0.1, 0.15) is 25.0 Å². The van der Waals surface area contributed by atoms with E-state index in [4.69, 9.17) is 15.0 Å². The predicted octanol–water partition coefficient (Wildman–Crippen LogP) is 12.5. The van der Waals surface area contributed by atoms with E-state index in [0.717, 1.165) is 33.5 Å². The monoisotopic (exact) mass is 717 g/mol. The molecule has 0 amide bonds. The van der Waals surface area contributed by atoms with Crippen LogP contribution in [0.3, 0.4) is 0 Å². The second kappa shape index (κ2) is 12.4. The lowest BCUT2D eigenvalue weighted by molar-refractivity contribution is 0.661. The van der Waals surface area contributed by atoms with Crippen LogP contribution in [0, 0.1) is 0 Å². The Hall–Kier alpha value is -7.24. The van der Waals surface area contributed by atoms with E-state index in [9.17, 15) is 0 Å². The maximum Gasteiger partial charge on any atom is 0.165 e. The number of para-hydroxylation sites is 1. The lowest BCUT2D eigenvalue weighted by atomic mass is 9.82. The van der Waals surface area contributed by atoms with Gasteiger partial charge in [-0.25, -0.2) is 15.0 Å². The number of benzene rings is 7. The third kappa shape index (κ3) is 4.94. The number of fused-ring (bicyclic) bond motifs is 7. The van der Waals surface area contributed by atoms with Crippen LogP contribution in [0.5, 0.6) is 0 Å². The molecular weight excluding hydrogens is 683 g/mol. The molecule has 3 heterocycles. The summed E-state index contributed by atoms with van der Waals surface area (Å²) in [6, 6.07) is 58.5. The maximum atomic E-state index is 5.14. The highest BCUT2D eigenvalue weighted by molar-refractivity contribution is 6.12. The standard InChI is InChI=1S/C51H35N5/c1-51(2)43-23-10-8-20-38(43)41-29-42-39-21-9-11-24-45(39)56(47(42)30-44(41)51)46-28-34(25-26-40(46)37-22-12-17-32-14-6-7-19-36(32)37)49-53-48(33-15-4-3-5-16-33)54-50(55-49)35-18-13-27-52-31-35/h3-31H,1-2H3. The van der Waals surface area contributed by atoms with E-state index in [0.29, 0.717) is 17.5 Å². The maximum absolute atomic E-state index is 5.14. The fourth-order valence-electron chi connectivity index (χ4n) is 8.81. The van der Waals surface area contributed by atoms with Crippen molar-refractivity contribution < 1.29 is 0 Å². The van der Waals surface area contributed by atoms with Gasteiger partial charge in [0.15, 0.2) is 17.5 Å². The average molecular weight is 718 g/mol. The Morgan fingerprint density at radius 3 is 1.95 bits per heavy atom. The minimum atomic E-state index is -0.150. The Morgan fingerprint density at radius 1 is 0.429 bits per heavy atom. The normalized spacial score (nSPS) is 13.0. The molecular formula is C51H35N5. The van der Waals surface area contributed by atoms with Gasteiger partial charge in [-0.05, 0) is 75.0 Å². The zero-order valence-corrected chi connectivity index (χ0v) is 31.0. The first-order valence-electron chi connectivity index (χ1n) is 19.1. The van der Waals surface area contributed by atoms with E-state index in [1.54, 1.807) is 12.4 Å². The molecule has 0 unspecified atom stereocenters. The Bertz CT molecular complexity index is 3100. The number of pyridine rings is 1. The first-order valence-corrected chi connectivity index (χ1v) is 19.1. The summed E-state index contributed by atoms with van der Waals surface area (Å²) in [5.41, 5.74) is 13.5. The molecule has 0 atom stereocenters. The van der Waals surface area contributed by atoms with E-state index in [2.05, 4.69) is 145 Å². The van der Waals surface area contributed by atoms with Gasteiger partial charge in [0.1, 0.15) is 0 Å². The molecule has 0 bridgehead atoms.